The van der Waals surface area contributed by atoms with Crippen LogP contribution in [0.1, 0.15) is 28.6 Å². The molecule has 1 aliphatic rings. The van der Waals surface area contributed by atoms with E-state index in [-0.39, 0.29) is 5.91 Å². The number of furan rings is 1. The molecular weight excluding hydrogens is 386 g/mol. The lowest BCUT2D eigenvalue weighted by Crippen LogP contribution is -2.46. The molecule has 1 aliphatic heterocycles. The summed E-state index contributed by atoms with van der Waals surface area (Å²) >= 11 is 1.18. The number of rotatable bonds is 9. The molecule has 1 aromatic heterocycles. The van der Waals surface area contributed by atoms with Crippen LogP contribution < -0.4 is 15.8 Å². The van der Waals surface area contributed by atoms with Crippen LogP contribution in [0, 0.1) is 0 Å². The van der Waals surface area contributed by atoms with Crippen molar-refractivity contribution in [3.05, 3.63) is 47.4 Å². The first-order chi connectivity index (χ1) is 14.1. The normalized spacial score (nSPS) is 15.4. The second-order valence-corrected chi connectivity index (χ2v) is 7.99. The standard InChI is InChI=1S/C21H31N5O2S/c1-3-16-13-19(24-15-17-5-4-12-28-17)18(14-20(16)29-22)21(27)23-6-7-26-10-8-25(2)9-11-26/h4-5,12-14,24H,3,6-11,15,22H2,1-2H3,(H,23,27). The summed E-state index contributed by atoms with van der Waals surface area (Å²) in [5.41, 5.74) is 2.53. The van der Waals surface area contributed by atoms with Gasteiger partial charge in [0.25, 0.3) is 5.91 Å². The van der Waals surface area contributed by atoms with Crippen molar-refractivity contribution in [3.63, 3.8) is 0 Å². The molecule has 7 nitrogen and oxygen atoms in total. The molecule has 3 rings (SSSR count). The molecule has 1 aromatic carbocycles. The number of amides is 1. The van der Waals surface area contributed by atoms with Crippen LogP contribution in [0.2, 0.25) is 0 Å². The van der Waals surface area contributed by atoms with Gasteiger partial charge in [-0.05, 0) is 55.2 Å². The maximum atomic E-state index is 12.9. The monoisotopic (exact) mass is 417 g/mol. The predicted molar refractivity (Wildman–Crippen MR) is 118 cm³/mol. The molecule has 0 aliphatic carbocycles. The zero-order chi connectivity index (χ0) is 20.6. The Morgan fingerprint density at radius 1 is 1.28 bits per heavy atom. The number of likely N-dealkylation sites (N-methyl/N-ethyl adjacent to an activating group) is 1. The van der Waals surface area contributed by atoms with Crippen molar-refractivity contribution < 1.29 is 9.21 Å². The Hall–Kier alpha value is -2.00. The number of aryl methyl sites for hydroxylation is 1. The van der Waals surface area contributed by atoms with E-state index in [1.165, 1.54) is 11.9 Å². The first-order valence-corrected chi connectivity index (χ1v) is 11.0. The number of benzene rings is 1. The van der Waals surface area contributed by atoms with Gasteiger partial charge in [-0.15, -0.1) is 0 Å². The molecule has 29 heavy (non-hydrogen) atoms. The highest BCUT2D eigenvalue weighted by Gasteiger charge is 2.17. The quantitative estimate of drug-likeness (QED) is 0.540. The summed E-state index contributed by atoms with van der Waals surface area (Å²) in [6.45, 7) is 8.33. The number of nitrogens with zero attached hydrogens (tertiary/aromatic N) is 2. The van der Waals surface area contributed by atoms with E-state index < -0.39 is 0 Å². The van der Waals surface area contributed by atoms with Gasteiger partial charge < -0.3 is 20.0 Å². The number of nitrogens with two attached hydrogens (primary N) is 1. The SMILES string of the molecule is CCc1cc(NCc2ccco2)c(C(=O)NCCN2CCN(C)CC2)cc1SN. The molecule has 2 heterocycles. The van der Waals surface area contributed by atoms with Crippen molar-refractivity contribution >= 4 is 23.5 Å². The molecule has 0 saturated carbocycles. The van der Waals surface area contributed by atoms with E-state index in [0.717, 1.165) is 61.1 Å². The predicted octanol–water partition coefficient (Wildman–Crippen LogP) is 2.40. The first kappa shape index (κ1) is 21.7. The Bertz CT molecular complexity index is 789. The molecule has 0 bridgehead atoms. The number of piperazine rings is 1. The van der Waals surface area contributed by atoms with Crippen molar-refractivity contribution in [2.75, 3.05) is 51.6 Å². The van der Waals surface area contributed by atoms with E-state index in [0.29, 0.717) is 18.7 Å². The number of nitrogens with one attached hydrogen (secondary N) is 2. The van der Waals surface area contributed by atoms with E-state index in [2.05, 4.69) is 34.4 Å². The summed E-state index contributed by atoms with van der Waals surface area (Å²) in [6.07, 6.45) is 2.49. The topological polar surface area (TPSA) is 86.8 Å². The third-order valence-corrected chi connectivity index (χ3v) is 5.93. The smallest absolute Gasteiger partial charge is 0.253 e. The molecule has 1 amide bonds. The molecule has 158 valence electrons. The Balaban J connectivity index is 1.66. The fourth-order valence-electron chi connectivity index (χ4n) is 3.43. The first-order valence-electron chi connectivity index (χ1n) is 10.1. The summed E-state index contributed by atoms with van der Waals surface area (Å²) in [5.74, 6) is 0.737. The second kappa shape index (κ2) is 10.7. The van der Waals surface area contributed by atoms with Gasteiger partial charge in [-0.2, -0.15) is 0 Å². The summed E-state index contributed by atoms with van der Waals surface area (Å²) in [4.78, 5) is 18.6. The maximum absolute atomic E-state index is 12.9. The van der Waals surface area contributed by atoms with Crippen LogP contribution in [-0.4, -0.2) is 62.0 Å². The van der Waals surface area contributed by atoms with Gasteiger partial charge in [-0.3, -0.25) is 14.8 Å². The molecule has 4 N–H and O–H groups in total. The highest BCUT2D eigenvalue weighted by molar-refractivity contribution is 7.97. The van der Waals surface area contributed by atoms with Crippen molar-refractivity contribution in [2.24, 2.45) is 5.14 Å². The minimum Gasteiger partial charge on any atom is -0.467 e. The third-order valence-electron chi connectivity index (χ3n) is 5.30. The van der Waals surface area contributed by atoms with Crippen LogP contribution in [0.5, 0.6) is 0 Å². The lowest BCUT2D eigenvalue weighted by atomic mass is 10.1. The number of carbonyl (C=O) groups is 1. The van der Waals surface area contributed by atoms with Gasteiger partial charge in [0.1, 0.15) is 5.76 Å². The minimum atomic E-state index is -0.0842. The van der Waals surface area contributed by atoms with Crippen LogP contribution in [0.15, 0.2) is 39.8 Å². The molecule has 0 atom stereocenters. The molecule has 1 fully saturated rings. The third kappa shape index (κ3) is 5.99. The number of anilines is 1. The summed E-state index contributed by atoms with van der Waals surface area (Å²) in [7, 11) is 2.14. The molecule has 2 aromatic rings. The van der Waals surface area contributed by atoms with Crippen molar-refractivity contribution in [1.29, 1.82) is 0 Å². The molecule has 8 heteroatoms. The van der Waals surface area contributed by atoms with E-state index >= 15 is 0 Å². The molecule has 0 radical (unpaired) electrons. The Morgan fingerprint density at radius 3 is 2.72 bits per heavy atom. The van der Waals surface area contributed by atoms with Gasteiger partial charge in [-0.25, -0.2) is 0 Å². The average molecular weight is 418 g/mol. The summed E-state index contributed by atoms with van der Waals surface area (Å²) in [6, 6.07) is 7.68. The van der Waals surface area contributed by atoms with Gasteiger partial charge in [0.05, 0.1) is 18.4 Å². The van der Waals surface area contributed by atoms with E-state index in [1.807, 2.05) is 24.3 Å². The summed E-state index contributed by atoms with van der Waals surface area (Å²) in [5, 5.41) is 12.3. The van der Waals surface area contributed by atoms with Crippen molar-refractivity contribution in [3.8, 4) is 0 Å². The van der Waals surface area contributed by atoms with E-state index in [4.69, 9.17) is 9.56 Å². The Morgan fingerprint density at radius 2 is 2.07 bits per heavy atom. The minimum absolute atomic E-state index is 0.0842. The fourth-order valence-corrected chi connectivity index (χ4v) is 3.98. The fraction of sp³-hybridized carbons (Fsp3) is 0.476. The summed E-state index contributed by atoms with van der Waals surface area (Å²) < 4.78 is 5.40. The van der Waals surface area contributed by atoms with Crippen LogP contribution >= 0.6 is 11.9 Å². The zero-order valence-corrected chi connectivity index (χ0v) is 18.1. The molecule has 1 saturated heterocycles. The highest BCUT2D eigenvalue weighted by Crippen LogP contribution is 2.28. The number of carbonyl (C=O) groups excluding carboxylic acids is 1. The zero-order valence-electron chi connectivity index (χ0n) is 17.2. The van der Waals surface area contributed by atoms with Crippen molar-refractivity contribution in [2.45, 2.75) is 24.8 Å². The van der Waals surface area contributed by atoms with Crippen LogP contribution in [0.4, 0.5) is 5.69 Å². The molecule has 0 spiro atoms. The van der Waals surface area contributed by atoms with Gasteiger partial charge in [0, 0.05) is 49.9 Å². The van der Waals surface area contributed by atoms with Gasteiger partial charge in [0.15, 0.2) is 0 Å². The second-order valence-electron chi connectivity index (χ2n) is 7.31. The van der Waals surface area contributed by atoms with Crippen LogP contribution in [0.25, 0.3) is 0 Å². The van der Waals surface area contributed by atoms with Gasteiger partial charge in [0.2, 0.25) is 0 Å². The lowest BCUT2D eigenvalue weighted by molar-refractivity contribution is 0.0941. The highest BCUT2D eigenvalue weighted by atomic mass is 32.2. The van der Waals surface area contributed by atoms with Crippen molar-refractivity contribution in [1.82, 2.24) is 15.1 Å². The largest absolute Gasteiger partial charge is 0.467 e. The number of hydrogen-bond acceptors (Lipinski definition) is 7. The Labute approximate surface area is 177 Å². The van der Waals surface area contributed by atoms with Gasteiger partial charge >= 0.3 is 0 Å². The average Bonchev–Trinajstić information content (AvgIpc) is 3.26. The maximum Gasteiger partial charge on any atom is 0.253 e. The van der Waals surface area contributed by atoms with E-state index in [1.54, 1.807) is 6.26 Å². The van der Waals surface area contributed by atoms with Crippen LogP contribution in [0.3, 0.4) is 0 Å². The van der Waals surface area contributed by atoms with E-state index in [9.17, 15) is 4.79 Å². The Kier molecular flexibility index (Phi) is 8.00. The lowest BCUT2D eigenvalue weighted by Gasteiger charge is -2.32. The molecular formula is C21H31N5O2S. The number of hydrogen-bond donors (Lipinski definition) is 3. The molecule has 0 unspecified atom stereocenters. The van der Waals surface area contributed by atoms with Crippen LogP contribution in [-0.2, 0) is 13.0 Å². The van der Waals surface area contributed by atoms with Gasteiger partial charge in [-0.1, -0.05) is 6.92 Å².